The van der Waals surface area contributed by atoms with E-state index >= 15 is 0 Å². The van der Waals surface area contributed by atoms with Crippen LogP contribution >= 0.6 is 0 Å². The van der Waals surface area contributed by atoms with E-state index in [-0.39, 0.29) is 0 Å². The highest BCUT2D eigenvalue weighted by Gasteiger charge is 2.18. The second-order valence-corrected chi connectivity index (χ2v) is 13.4. The van der Waals surface area contributed by atoms with Gasteiger partial charge in [0.2, 0.25) is 0 Å². The summed E-state index contributed by atoms with van der Waals surface area (Å²) in [7, 11) is 0. The molecule has 0 unspecified atom stereocenters. The molecule has 0 N–H and O–H groups in total. The van der Waals surface area contributed by atoms with E-state index in [1.54, 1.807) is 0 Å². The molecule has 0 amide bonds. The number of benzene rings is 9. The van der Waals surface area contributed by atoms with Crippen molar-refractivity contribution in [1.82, 2.24) is 0 Å². The Balaban J connectivity index is 1.14. The van der Waals surface area contributed by atoms with Crippen LogP contribution in [0.15, 0.2) is 162 Å². The molecule has 230 valence electrons. The normalized spacial score (nSPS) is 11.9. The van der Waals surface area contributed by atoms with Crippen molar-refractivity contribution < 1.29 is 4.42 Å². The molecule has 9 aromatic carbocycles. The van der Waals surface area contributed by atoms with Gasteiger partial charge in [0.25, 0.3) is 0 Å². The molecule has 0 saturated heterocycles. The molecule has 49 heavy (non-hydrogen) atoms. The zero-order valence-electron chi connectivity index (χ0n) is 27.4. The van der Waals surface area contributed by atoms with Crippen LogP contribution in [0.4, 0.5) is 0 Å². The molecule has 1 heteroatoms. The molecule has 0 saturated carbocycles. The predicted molar refractivity (Wildman–Crippen MR) is 209 cm³/mol. The summed E-state index contributed by atoms with van der Waals surface area (Å²) in [6, 6.07) is 57.7. The maximum Gasteiger partial charge on any atom is 0.143 e. The topological polar surface area (TPSA) is 13.1 Å². The lowest BCUT2D eigenvalue weighted by Crippen LogP contribution is -1.93. The number of furan rings is 1. The molecule has 0 spiro atoms. The van der Waals surface area contributed by atoms with Crippen LogP contribution in [0, 0.1) is 13.8 Å². The molecule has 0 aliphatic carbocycles. The van der Waals surface area contributed by atoms with Gasteiger partial charge in [-0.05, 0) is 102 Å². The smallest absolute Gasteiger partial charge is 0.143 e. The maximum absolute atomic E-state index is 6.36. The number of rotatable bonds is 4. The Morgan fingerprint density at radius 1 is 0.347 bits per heavy atom. The molecule has 1 aromatic heterocycles. The third-order valence-corrected chi connectivity index (χ3v) is 10.6. The molecule has 0 aliphatic heterocycles. The first-order valence-electron chi connectivity index (χ1n) is 17.0. The number of aryl methyl sites for hydroxylation is 2. The summed E-state index contributed by atoms with van der Waals surface area (Å²) in [6.45, 7) is 4.43. The van der Waals surface area contributed by atoms with Crippen LogP contribution < -0.4 is 0 Å². The number of hydrogen-bond donors (Lipinski definition) is 0. The fraction of sp³-hybridized carbons (Fsp3) is 0.0417. The SMILES string of the molecule is Cc1cc(-c2ccccc2)c(-c2ccc3ccc4c(-c5ccc(-c6cccc7c6oc6ccccc67)cc5)ccc5ccc2c3c54)cc1C. The quantitative estimate of drug-likeness (QED) is 0.178. The second kappa shape index (κ2) is 10.7. The van der Waals surface area contributed by atoms with Crippen molar-refractivity contribution in [3.63, 3.8) is 0 Å². The summed E-state index contributed by atoms with van der Waals surface area (Å²) in [6.07, 6.45) is 0. The molecular formula is C48H32O. The zero-order chi connectivity index (χ0) is 32.6. The van der Waals surface area contributed by atoms with E-state index in [1.165, 1.54) is 76.8 Å². The minimum Gasteiger partial charge on any atom is -0.455 e. The van der Waals surface area contributed by atoms with E-state index in [0.717, 1.165) is 33.1 Å². The highest BCUT2D eigenvalue weighted by Crippen LogP contribution is 2.45. The van der Waals surface area contributed by atoms with Gasteiger partial charge >= 0.3 is 0 Å². The van der Waals surface area contributed by atoms with E-state index in [4.69, 9.17) is 4.42 Å². The van der Waals surface area contributed by atoms with Gasteiger partial charge in [-0.15, -0.1) is 0 Å². The molecule has 0 aliphatic rings. The average molecular weight is 625 g/mol. The Labute approximate surface area is 285 Å². The van der Waals surface area contributed by atoms with Crippen LogP contribution in [0.3, 0.4) is 0 Å². The lowest BCUT2D eigenvalue weighted by molar-refractivity contribution is 0.670. The van der Waals surface area contributed by atoms with E-state index in [2.05, 4.69) is 159 Å². The van der Waals surface area contributed by atoms with Crippen LogP contribution in [-0.2, 0) is 0 Å². The monoisotopic (exact) mass is 624 g/mol. The summed E-state index contributed by atoms with van der Waals surface area (Å²) < 4.78 is 6.36. The summed E-state index contributed by atoms with van der Waals surface area (Å²) in [5.41, 5.74) is 14.3. The Hall–Kier alpha value is -6.18. The third kappa shape index (κ3) is 4.26. The maximum atomic E-state index is 6.36. The van der Waals surface area contributed by atoms with Crippen LogP contribution in [0.1, 0.15) is 11.1 Å². The summed E-state index contributed by atoms with van der Waals surface area (Å²) in [5.74, 6) is 0. The first-order chi connectivity index (χ1) is 24.1. The van der Waals surface area contributed by atoms with Crippen LogP contribution in [-0.4, -0.2) is 0 Å². The lowest BCUT2D eigenvalue weighted by Gasteiger charge is -2.19. The van der Waals surface area contributed by atoms with Crippen LogP contribution in [0.5, 0.6) is 0 Å². The van der Waals surface area contributed by atoms with Crippen molar-refractivity contribution in [3.8, 4) is 44.5 Å². The van der Waals surface area contributed by atoms with E-state index in [9.17, 15) is 0 Å². The van der Waals surface area contributed by atoms with Crippen molar-refractivity contribution in [1.29, 1.82) is 0 Å². The van der Waals surface area contributed by atoms with Crippen molar-refractivity contribution in [3.05, 3.63) is 169 Å². The fourth-order valence-electron chi connectivity index (χ4n) is 7.99. The van der Waals surface area contributed by atoms with Gasteiger partial charge in [-0.2, -0.15) is 0 Å². The Kier molecular flexibility index (Phi) is 6.07. The fourth-order valence-corrected chi connectivity index (χ4v) is 7.99. The van der Waals surface area contributed by atoms with Gasteiger partial charge in [-0.25, -0.2) is 0 Å². The predicted octanol–water partition coefficient (Wildman–Crippen LogP) is 13.8. The van der Waals surface area contributed by atoms with Crippen LogP contribution in [0.25, 0.3) is 98.8 Å². The van der Waals surface area contributed by atoms with Gasteiger partial charge in [0, 0.05) is 16.3 Å². The van der Waals surface area contributed by atoms with Gasteiger partial charge in [-0.3, -0.25) is 0 Å². The first-order valence-corrected chi connectivity index (χ1v) is 17.0. The van der Waals surface area contributed by atoms with Crippen molar-refractivity contribution >= 4 is 54.3 Å². The van der Waals surface area contributed by atoms with Crippen LogP contribution in [0.2, 0.25) is 0 Å². The standard InChI is InChI=1S/C48H32O/c1-29-27-43(31-9-4-3-5-10-31)44(28-30(29)2)38-24-20-35-21-25-40-36(23-19-34-22-26-41(38)47(35)46(34)40)32-15-17-33(18-16-32)37-12-8-13-42-39-11-6-7-14-45(39)49-48(37)42/h3-28H,1-2H3. The number of hydrogen-bond acceptors (Lipinski definition) is 1. The Morgan fingerprint density at radius 2 is 0.898 bits per heavy atom. The van der Waals surface area contributed by atoms with Crippen molar-refractivity contribution in [2.75, 3.05) is 0 Å². The molecule has 10 aromatic rings. The highest BCUT2D eigenvalue weighted by molar-refractivity contribution is 6.28. The van der Waals surface area contributed by atoms with E-state index < -0.39 is 0 Å². The summed E-state index contributed by atoms with van der Waals surface area (Å²) in [5, 5.41) is 10.1. The lowest BCUT2D eigenvalue weighted by atomic mass is 9.84. The minimum absolute atomic E-state index is 0.923. The minimum atomic E-state index is 0.923. The summed E-state index contributed by atoms with van der Waals surface area (Å²) >= 11 is 0. The number of para-hydroxylation sites is 2. The second-order valence-electron chi connectivity index (χ2n) is 13.4. The average Bonchev–Trinajstić information content (AvgIpc) is 3.54. The van der Waals surface area contributed by atoms with Crippen molar-refractivity contribution in [2.45, 2.75) is 13.8 Å². The zero-order valence-corrected chi connectivity index (χ0v) is 27.4. The van der Waals surface area contributed by atoms with Gasteiger partial charge < -0.3 is 4.42 Å². The highest BCUT2D eigenvalue weighted by atomic mass is 16.3. The molecule has 0 bridgehead atoms. The van der Waals surface area contributed by atoms with Gasteiger partial charge in [0.1, 0.15) is 11.2 Å². The first kappa shape index (κ1) is 27.9. The third-order valence-electron chi connectivity index (χ3n) is 10.6. The molecule has 0 radical (unpaired) electrons. The van der Waals surface area contributed by atoms with Gasteiger partial charge in [0.05, 0.1) is 0 Å². The summed E-state index contributed by atoms with van der Waals surface area (Å²) in [4.78, 5) is 0. The molecule has 1 heterocycles. The Morgan fingerprint density at radius 3 is 1.63 bits per heavy atom. The Bertz CT molecular complexity index is 2870. The molecule has 1 nitrogen and oxygen atoms in total. The number of fused-ring (bicyclic) bond motifs is 3. The molecule has 0 fully saturated rings. The molecule has 0 atom stereocenters. The molecular weight excluding hydrogens is 593 g/mol. The van der Waals surface area contributed by atoms with Crippen molar-refractivity contribution in [2.24, 2.45) is 0 Å². The van der Waals surface area contributed by atoms with E-state index in [1.807, 2.05) is 12.1 Å². The van der Waals surface area contributed by atoms with Gasteiger partial charge in [0.15, 0.2) is 0 Å². The van der Waals surface area contributed by atoms with E-state index in [0.29, 0.717) is 0 Å². The van der Waals surface area contributed by atoms with Gasteiger partial charge in [-0.1, -0.05) is 152 Å². The largest absolute Gasteiger partial charge is 0.455 e. The molecule has 10 rings (SSSR count).